The number of hydrogen-bond acceptors (Lipinski definition) is 1. The van der Waals surface area contributed by atoms with E-state index in [0.717, 1.165) is 17.5 Å². The summed E-state index contributed by atoms with van der Waals surface area (Å²) < 4.78 is 19.1. The van der Waals surface area contributed by atoms with Gasteiger partial charge in [-0.1, -0.05) is 6.07 Å². The Balaban J connectivity index is 2.61. The number of ether oxygens (including phenoxy) is 1. The number of hydrogen-bond donors (Lipinski definition) is 0. The smallest absolute Gasteiger partial charge is 0.129 e. The van der Waals surface area contributed by atoms with E-state index in [1.54, 1.807) is 13.8 Å². The summed E-state index contributed by atoms with van der Waals surface area (Å²) in [5.41, 5.74) is 3.42. The van der Waals surface area contributed by atoms with Gasteiger partial charge < -0.3 is 4.74 Å². The molecule has 0 fully saturated rings. The highest BCUT2D eigenvalue weighted by atomic mass is 35.5. The van der Waals surface area contributed by atoms with E-state index in [1.807, 2.05) is 6.07 Å². The van der Waals surface area contributed by atoms with E-state index in [2.05, 4.69) is 0 Å². The zero-order chi connectivity index (χ0) is 11.0. The van der Waals surface area contributed by atoms with Gasteiger partial charge in [0, 0.05) is 0 Å². The zero-order valence-corrected chi connectivity index (χ0v) is 9.70. The molecule has 1 nitrogen and oxygen atoms in total. The van der Waals surface area contributed by atoms with Crippen molar-refractivity contribution in [1.29, 1.82) is 0 Å². The van der Waals surface area contributed by atoms with Crippen molar-refractivity contribution >= 4 is 11.6 Å². The quantitative estimate of drug-likeness (QED) is 0.619. The summed E-state index contributed by atoms with van der Waals surface area (Å²) in [6.07, 6.45) is 0.820. The number of alkyl halides is 1. The first-order valence-electron chi connectivity index (χ1n) is 5.11. The van der Waals surface area contributed by atoms with Crippen molar-refractivity contribution in [1.82, 2.24) is 0 Å². The summed E-state index contributed by atoms with van der Waals surface area (Å²) >= 11 is 6.19. The lowest BCUT2D eigenvalue weighted by Crippen LogP contribution is -2.04. The Morgan fingerprint density at radius 1 is 1.47 bits per heavy atom. The minimum atomic E-state index is -0.224. The van der Waals surface area contributed by atoms with E-state index in [0.29, 0.717) is 24.3 Å². The van der Waals surface area contributed by atoms with Gasteiger partial charge in [-0.3, -0.25) is 0 Å². The van der Waals surface area contributed by atoms with Crippen molar-refractivity contribution in [2.24, 2.45) is 0 Å². The van der Waals surface area contributed by atoms with E-state index < -0.39 is 0 Å². The largest absolute Gasteiger partial charge is 0.379 e. The van der Waals surface area contributed by atoms with Crippen molar-refractivity contribution in [3.8, 4) is 0 Å². The van der Waals surface area contributed by atoms with Crippen molar-refractivity contribution < 1.29 is 9.13 Å². The standard InChI is InChI=1S/C12H14ClFO/c1-7-5-9-3-4-15-6-10(13)11(9)8(2)12(7)14/h5,10H,3-4,6H2,1-2H3. The van der Waals surface area contributed by atoms with Crippen molar-refractivity contribution in [2.75, 3.05) is 13.2 Å². The summed E-state index contributed by atoms with van der Waals surface area (Å²) in [5, 5.41) is -0.224. The van der Waals surface area contributed by atoms with Gasteiger partial charge in [-0.25, -0.2) is 4.39 Å². The minimum Gasteiger partial charge on any atom is -0.379 e. The second kappa shape index (κ2) is 4.11. The van der Waals surface area contributed by atoms with Crippen LogP contribution in [0.1, 0.15) is 27.6 Å². The van der Waals surface area contributed by atoms with E-state index in [-0.39, 0.29) is 11.2 Å². The van der Waals surface area contributed by atoms with Crippen LogP contribution in [0.2, 0.25) is 0 Å². The van der Waals surface area contributed by atoms with Crippen molar-refractivity contribution in [3.05, 3.63) is 34.1 Å². The van der Waals surface area contributed by atoms with Gasteiger partial charge in [-0.05, 0) is 42.5 Å². The Morgan fingerprint density at radius 3 is 2.93 bits per heavy atom. The molecule has 1 aliphatic rings. The predicted octanol–water partition coefficient (Wildman–Crippen LogP) is 3.30. The number of benzene rings is 1. The highest BCUT2D eigenvalue weighted by molar-refractivity contribution is 6.21. The third-order valence-corrected chi connectivity index (χ3v) is 3.25. The molecule has 0 saturated carbocycles. The second-order valence-corrected chi connectivity index (χ2v) is 4.52. The van der Waals surface area contributed by atoms with Crippen LogP contribution in [0.15, 0.2) is 6.07 Å². The van der Waals surface area contributed by atoms with Gasteiger partial charge in [0.15, 0.2) is 0 Å². The molecule has 0 saturated heterocycles. The van der Waals surface area contributed by atoms with E-state index in [4.69, 9.17) is 16.3 Å². The molecule has 1 aliphatic heterocycles. The van der Waals surface area contributed by atoms with Crippen LogP contribution in [-0.4, -0.2) is 13.2 Å². The summed E-state index contributed by atoms with van der Waals surface area (Å²) in [6, 6.07) is 1.89. The van der Waals surface area contributed by atoms with E-state index in [9.17, 15) is 4.39 Å². The lowest BCUT2D eigenvalue weighted by molar-refractivity contribution is 0.143. The molecule has 0 spiro atoms. The average Bonchev–Trinajstić information content (AvgIpc) is 2.37. The molecule has 1 aromatic carbocycles. The van der Waals surface area contributed by atoms with Crippen LogP contribution in [0.4, 0.5) is 4.39 Å². The number of halogens is 2. The highest BCUT2D eigenvalue weighted by Crippen LogP contribution is 2.33. The maximum absolute atomic E-state index is 13.7. The molecule has 0 radical (unpaired) electrons. The molecule has 1 unspecified atom stereocenters. The molecule has 0 aromatic heterocycles. The van der Waals surface area contributed by atoms with Crippen LogP contribution in [-0.2, 0) is 11.2 Å². The van der Waals surface area contributed by atoms with Gasteiger partial charge in [0.2, 0.25) is 0 Å². The predicted molar refractivity (Wildman–Crippen MR) is 59.0 cm³/mol. The molecule has 0 aliphatic carbocycles. The monoisotopic (exact) mass is 228 g/mol. The van der Waals surface area contributed by atoms with Crippen LogP contribution >= 0.6 is 11.6 Å². The summed E-state index contributed by atoms with van der Waals surface area (Å²) in [7, 11) is 0. The molecule has 1 heterocycles. The van der Waals surface area contributed by atoms with Gasteiger partial charge >= 0.3 is 0 Å². The fourth-order valence-corrected chi connectivity index (χ4v) is 2.55. The van der Waals surface area contributed by atoms with Gasteiger partial charge in [0.1, 0.15) is 5.82 Å². The van der Waals surface area contributed by atoms with Crippen LogP contribution in [0, 0.1) is 19.7 Å². The van der Waals surface area contributed by atoms with Gasteiger partial charge in [-0.2, -0.15) is 0 Å². The van der Waals surface area contributed by atoms with Gasteiger partial charge in [-0.15, -0.1) is 11.6 Å². The Bertz CT molecular complexity index is 390. The Hall–Kier alpha value is -0.600. The highest BCUT2D eigenvalue weighted by Gasteiger charge is 2.22. The van der Waals surface area contributed by atoms with Crippen molar-refractivity contribution in [3.63, 3.8) is 0 Å². The number of fused-ring (bicyclic) bond motifs is 1. The Kier molecular flexibility index (Phi) is 2.98. The van der Waals surface area contributed by atoms with E-state index >= 15 is 0 Å². The van der Waals surface area contributed by atoms with Crippen LogP contribution in [0.25, 0.3) is 0 Å². The first-order valence-corrected chi connectivity index (χ1v) is 5.55. The molecule has 0 amide bonds. The second-order valence-electron chi connectivity index (χ2n) is 4.00. The maximum atomic E-state index is 13.7. The van der Waals surface area contributed by atoms with Gasteiger partial charge in [0.05, 0.1) is 18.6 Å². The maximum Gasteiger partial charge on any atom is 0.129 e. The molecule has 1 atom stereocenters. The molecule has 15 heavy (non-hydrogen) atoms. The Morgan fingerprint density at radius 2 is 2.20 bits per heavy atom. The number of aryl methyl sites for hydroxylation is 1. The van der Waals surface area contributed by atoms with Crippen LogP contribution in [0.5, 0.6) is 0 Å². The Labute approximate surface area is 94.2 Å². The fraction of sp³-hybridized carbons (Fsp3) is 0.500. The molecular formula is C12H14ClFO. The third kappa shape index (κ3) is 1.88. The van der Waals surface area contributed by atoms with Crippen LogP contribution in [0.3, 0.4) is 0 Å². The molecule has 3 heteroatoms. The lowest BCUT2D eigenvalue weighted by Gasteiger charge is -2.15. The minimum absolute atomic E-state index is 0.138. The topological polar surface area (TPSA) is 9.23 Å². The molecule has 0 N–H and O–H groups in total. The van der Waals surface area contributed by atoms with Crippen molar-refractivity contribution in [2.45, 2.75) is 25.6 Å². The summed E-state index contributed by atoms with van der Waals surface area (Å²) in [5.74, 6) is -0.138. The normalized spacial score (nSPS) is 20.9. The molecular weight excluding hydrogens is 215 g/mol. The van der Waals surface area contributed by atoms with E-state index in [1.165, 1.54) is 0 Å². The molecule has 82 valence electrons. The lowest BCUT2D eigenvalue weighted by atomic mass is 9.94. The van der Waals surface area contributed by atoms with Crippen LogP contribution < -0.4 is 0 Å². The molecule has 2 rings (SSSR count). The van der Waals surface area contributed by atoms with Gasteiger partial charge in [0.25, 0.3) is 0 Å². The molecule has 0 bridgehead atoms. The fourth-order valence-electron chi connectivity index (χ4n) is 2.15. The average molecular weight is 229 g/mol. The first kappa shape index (κ1) is 10.9. The summed E-state index contributed by atoms with van der Waals surface area (Å²) in [6.45, 7) is 4.72. The number of rotatable bonds is 0. The SMILES string of the molecule is Cc1cc2c(c(C)c1F)C(Cl)COCC2. The summed E-state index contributed by atoms with van der Waals surface area (Å²) in [4.78, 5) is 0. The molecule has 1 aromatic rings. The third-order valence-electron chi connectivity index (χ3n) is 2.91. The first-order chi connectivity index (χ1) is 7.11. The zero-order valence-electron chi connectivity index (χ0n) is 8.94.